The van der Waals surface area contributed by atoms with E-state index < -0.39 is 36.3 Å². The number of aliphatic hydroxyl groups is 2. The molecule has 1 aliphatic rings. The number of methoxy groups -OCH3 is 4. The zero-order valence-electron chi connectivity index (χ0n) is 21.0. The number of ether oxygens (including phenoxy) is 6. The maximum Gasteiger partial charge on any atom is 0.335 e. The first-order valence-electron chi connectivity index (χ1n) is 11.3. The van der Waals surface area contributed by atoms with E-state index in [1.54, 1.807) is 0 Å². The number of benzene rings is 2. The molecule has 12 heteroatoms. The Morgan fingerprint density at radius 3 is 1.59 bits per heavy atom. The van der Waals surface area contributed by atoms with Crippen LogP contribution in [-0.2, 0) is 27.5 Å². The lowest BCUT2D eigenvalue weighted by Gasteiger charge is -2.41. The van der Waals surface area contributed by atoms with E-state index in [1.165, 1.54) is 52.7 Å². The van der Waals surface area contributed by atoms with Gasteiger partial charge in [0.1, 0.15) is 6.10 Å². The highest BCUT2D eigenvalue weighted by Gasteiger charge is 2.50. The average molecular weight is 525 g/mol. The van der Waals surface area contributed by atoms with Gasteiger partial charge in [0.05, 0.1) is 53.9 Å². The predicted octanol–water partition coefficient (Wildman–Crippen LogP) is 1.57. The van der Waals surface area contributed by atoms with Crippen LogP contribution in [0.1, 0.15) is 24.0 Å². The summed E-state index contributed by atoms with van der Waals surface area (Å²) >= 11 is 0. The molecule has 1 fully saturated rings. The van der Waals surface area contributed by atoms with Crippen molar-refractivity contribution in [3.63, 3.8) is 0 Å². The van der Waals surface area contributed by atoms with Crippen LogP contribution < -0.4 is 18.9 Å². The van der Waals surface area contributed by atoms with Crippen molar-refractivity contribution in [3.8, 4) is 34.5 Å². The van der Waals surface area contributed by atoms with Crippen LogP contribution in [0.5, 0.6) is 34.5 Å². The van der Waals surface area contributed by atoms with E-state index in [2.05, 4.69) is 0 Å². The molecule has 204 valence electrons. The lowest BCUT2D eigenvalue weighted by molar-refractivity contribution is -0.207. The number of hydrogen-bond acceptors (Lipinski definition) is 11. The van der Waals surface area contributed by atoms with Crippen molar-refractivity contribution in [3.05, 3.63) is 35.4 Å². The molecule has 12 nitrogen and oxygen atoms in total. The number of rotatable bonds is 11. The zero-order chi connectivity index (χ0) is 27.3. The van der Waals surface area contributed by atoms with E-state index in [0.29, 0.717) is 11.1 Å². The standard InChI is InChI=1S/C25H32O12/c1-32-16-5-13(6-17(33-2)21(16)27)11-36-20-10-25(31,24(29)30)9-15(26)23(20)37-12-14-7-18(34-3)22(28)19(8-14)35-4/h5-8,15,20,23,26-28,31H,9-12H2,1-4H3,(H,29,30)/t15-,20-,23-,25+/m1/s1. The molecule has 0 aliphatic heterocycles. The Morgan fingerprint density at radius 1 is 0.811 bits per heavy atom. The van der Waals surface area contributed by atoms with Gasteiger partial charge in [-0.25, -0.2) is 4.79 Å². The summed E-state index contributed by atoms with van der Waals surface area (Å²) in [6.07, 6.45) is -4.22. The number of carboxylic acid groups (broad SMARTS) is 1. The number of phenolic OH excluding ortho intramolecular Hbond substituents is 2. The number of carbonyl (C=O) groups is 1. The molecule has 37 heavy (non-hydrogen) atoms. The minimum atomic E-state index is -2.22. The molecule has 0 amide bonds. The van der Waals surface area contributed by atoms with Gasteiger partial charge in [-0.05, 0) is 35.4 Å². The fourth-order valence-electron chi connectivity index (χ4n) is 4.25. The maximum absolute atomic E-state index is 11.7. The van der Waals surface area contributed by atoms with E-state index in [-0.39, 0.29) is 54.1 Å². The summed E-state index contributed by atoms with van der Waals surface area (Å²) in [5.41, 5.74) is -1.15. The second-order valence-electron chi connectivity index (χ2n) is 8.64. The van der Waals surface area contributed by atoms with Gasteiger partial charge < -0.3 is 54.0 Å². The molecule has 0 spiro atoms. The Hall–Kier alpha value is -3.45. The van der Waals surface area contributed by atoms with Crippen molar-refractivity contribution in [2.75, 3.05) is 28.4 Å². The summed E-state index contributed by atoms with van der Waals surface area (Å²) in [6.45, 7) is -0.165. The molecule has 3 rings (SSSR count). The summed E-state index contributed by atoms with van der Waals surface area (Å²) in [6, 6.07) is 6.10. The number of phenols is 2. The minimum absolute atomic E-state index is 0.0685. The summed E-state index contributed by atoms with van der Waals surface area (Å²) in [7, 11) is 5.52. The smallest absolute Gasteiger partial charge is 0.335 e. The lowest BCUT2D eigenvalue weighted by atomic mass is 9.79. The Morgan fingerprint density at radius 2 is 1.22 bits per heavy atom. The molecule has 1 aliphatic carbocycles. The molecular weight excluding hydrogens is 492 g/mol. The van der Waals surface area contributed by atoms with Crippen LogP contribution in [-0.4, -0.2) is 83.9 Å². The van der Waals surface area contributed by atoms with Crippen molar-refractivity contribution in [1.29, 1.82) is 0 Å². The van der Waals surface area contributed by atoms with Crippen LogP contribution in [0.2, 0.25) is 0 Å². The highest BCUT2D eigenvalue weighted by molar-refractivity contribution is 5.77. The molecule has 0 unspecified atom stereocenters. The number of hydrogen-bond donors (Lipinski definition) is 5. The van der Waals surface area contributed by atoms with Gasteiger partial charge in [-0.1, -0.05) is 0 Å². The summed E-state index contributed by atoms with van der Waals surface area (Å²) < 4.78 is 32.5. The van der Waals surface area contributed by atoms with Crippen LogP contribution in [0.15, 0.2) is 24.3 Å². The van der Waals surface area contributed by atoms with Crippen LogP contribution in [0, 0.1) is 0 Å². The van der Waals surface area contributed by atoms with Crippen LogP contribution in [0.4, 0.5) is 0 Å². The van der Waals surface area contributed by atoms with Gasteiger partial charge in [0.2, 0.25) is 11.5 Å². The number of aliphatic hydroxyl groups excluding tert-OH is 1. The second-order valence-corrected chi connectivity index (χ2v) is 8.64. The Balaban J connectivity index is 1.84. The number of aliphatic carboxylic acids is 1. The molecule has 2 aromatic carbocycles. The van der Waals surface area contributed by atoms with Gasteiger partial charge >= 0.3 is 5.97 Å². The van der Waals surface area contributed by atoms with Crippen molar-refractivity contribution in [2.45, 2.75) is 50.0 Å². The first kappa shape index (κ1) is 28.1. The van der Waals surface area contributed by atoms with E-state index in [4.69, 9.17) is 28.4 Å². The first-order chi connectivity index (χ1) is 17.6. The monoisotopic (exact) mass is 524 g/mol. The van der Waals surface area contributed by atoms with E-state index in [0.717, 1.165) is 0 Å². The van der Waals surface area contributed by atoms with E-state index >= 15 is 0 Å². The Labute approximate surface area is 213 Å². The highest BCUT2D eigenvalue weighted by Crippen LogP contribution is 2.40. The predicted molar refractivity (Wildman–Crippen MR) is 127 cm³/mol. The van der Waals surface area contributed by atoms with Gasteiger partial charge in [0, 0.05) is 12.8 Å². The third-order valence-electron chi connectivity index (χ3n) is 6.22. The molecule has 1 saturated carbocycles. The van der Waals surface area contributed by atoms with Gasteiger partial charge in [-0.3, -0.25) is 0 Å². The fourth-order valence-corrected chi connectivity index (χ4v) is 4.25. The molecule has 2 aromatic rings. The molecule has 0 bridgehead atoms. The van der Waals surface area contributed by atoms with Gasteiger partial charge in [-0.2, -0.15) is 0 Å². The van der Waals surface area contributed by atoms with Crippen molar-refractivity contribution >= 4 is 5.97 Å². The van der Waals surface area contributed by atoms with Gasteiger partial charge in [-0.15, -0.1) is 0 Å². The molecule has 4 atom stereocenters. The van der Waals surface area contributed by atoms with Crippen LogP contribution >= 0.6 is 0 Å². The topological polar surface area (TPSA) is 174 Å². The van der Waals surface area contributed by atoms with Crippen LogP contribution in [0.3, 0.4) is 0 Å². The summed E-state index contributed by atoms with van der Waals surface area (Å²) in [5.74, 6) is -1.25. The minimum Gasteiger partial charge on any atom is -0.502 e. The number of aromatic hydroxyl groups is 2. The maximum atomic E-state index is 11.7. The molecular formula is C25H32O12. The molecule has 0 aromatic heterocycles. The fraction of sp³-hybridized carbons (Fsp3) is 0.480. The SMILES string of the molecule is COc1cc(CO[C@@H]2[C@H](O)C[C@@](O)(C(=O)O)C[C@H]2OCc2cc(OC)c(O)c(OC)c2)cc(OC)c1O. The molecule has 0 radical (unpaired) electrons. The summed E-state index contributed by atoms with van der Waals surface area (Å²) in [5, 5.41) is 51.2. The molecule has 5 N–H and O–H groups in total. The van der Waals surface area contributed by atoms with Gasteiger partial charge in [0.15, 0.2) is 28.6 Å². The van der Waals surface area contributed by atoms with Gasteiger partial charge in [0.25, 0.3) is 0 Å². The highest BCUT2D eigenvalue weighted by atomic mass is 16.6. The molecule has 0 heterocycles. The van der Waals surface area contributed by atoms with Crippen molar-refractivity contribution in [1.82, 2.24) is 0 Å². The van der Waals surface area contributed by atoms with E-state index in [1.807, 2.05) is 0 Å². The largest absolute Gasteiger partial charge is 0.502 e. The Kier molecular flexibility index (Phi) is 8.92. The zero-order valence-corrected chi connectivity index (χ0v) is 21.0. The third-order valence-corrected chi connectivity index (χ3v) is 6.22. The average Bonchev–Trinajstić information content (AvgIpc) is 2.87. The first-order valence-corrected chi connectivity index (χ1v) is 11.3. The summed E-state index contributed by atoms with van der Waals surface area (Å²) in [4.78, 5) is 11.7. The normalized spacial score (nSPS) is 23.4. The Bertz CT molecular complexity index is 1050. The second kappa shape index (κ2) is 11.7. The van der Waals surface area contributed by atoms with E-state index in [9.17, 15) is 30.3 Å². The van der Waals surface area contributed by atoms with Crippen molar-refractivity contribution in [2.24, 2.45) is 0 Å². The quantitative estimate of drug-likeness (QED) is 0.288. The van der Waals surface area contributed by atoms with Crippen LogP contribution in [0.25, 0.3) is 0 Å². The lowest BCUT2D eigenvalue weighted by Crippen LogP contribution is -2.57. The third kappa shape index (κ3) is 6.10. The number of carboxylic acids is 1. The van der Waals surface area contributed by atoms with Crippen molar-refractivity contribution < 1.29 is 58.7 Å². The molecule has 0 saturated heterocycles.